The molecule has 8 nitrogen and oxygen atoms in total. The summed E-state index contributed by atoms with van der Waals surface area (Å²) in [5, 5.41) is 8.69. The summed E-state index contributed by atoms with van der Waals surface area (Å²) in [6.07, 6.45) is 1.94. The summed E-state index contributed by atoms with van der Waals surface area (Å²) in [5.41, 5.74) is 1.54. The van der Waals surface area contributed by atoms with E-state index in [-0.39, 0.29) is 27.9 Å². The fraction of sp³-hybridized carbons (Fsp3) is 0.250. The third-order valence-electron chi connectivity index (χ3n) is 5.16. The van der Waals surface area contributed by atoms with Crippen molar-refractivity contribution in [2.45, 2.75) is 23.4 Å². The molecule has 0 saturated carbocycles. The van der Waals surface area contributed by atoms with Crippen LogP contribution in [0, 0.1) is 0 Å². The highest BCUT2D eigenvalue weighted by Gasteiger charge is 2.45. The fourth-order valence-corrected chi connectivity index (χ4v) is 5.58. The Hall–Kier alpha value is -2.46. The van der Waals surface area contributed by atoms with Crippen LogP contribution in [-0.2, 0) is 19.6 Å². The van der Waals surface area contributed by atoms with Crippen LogP contribution in [0.5, 0.6) is 0 Å². The summed E-state index contributed by atoms with van der Waals surface area (Å²) in [4.78, 5) is 12.4. The summed E-state index contributed by atoms with van der Waals surface area (Å²) in [5.74, 6) is -0.644. The average Bonchev–Trinajstić information content (AvgIpc) is 3.43. The molecule has 0 unspecified atom stereocenters. The zero-order valence-corrected chi connectivity index (χ0v) is 18.7. The molecule has 0 N–H and O–H groups in total. The van der Waals surface area contributed by atoms with E-state index in [2.05, 4.69) is 10.3 Å². The van der Waals surface area contributed by atoms with Gasteiger partial charge in [-0.05, 0) is 24.6 Å². The second-order valence-corrected chi connectivity index (χ2v) is 9.73. The third-order valence-corrected chi connectivity index (χ3v) is 7.77. The van der Waals surface area contributed by atoms with Crippen molar-refractivity contribution in [2.24, 2.45) is 0 Å². The third kappa shape index (κ3) is 4.18. The van der Waals surface area contributed by atoms with Gasteiger partial charge in [0, 0.05) is 12.1 Å². The molecule has 0 amide bonds. The zero-order valence-electron chi connectivity index (χ0n) is 16.4. The highest BCUT2D eigenvalue weighted by molar-refractivity contribution is 7.89. The van der Waals surface area contributed by atoms with Crippen LogP contribution < -0.4 is 0 Å². The van der Waals surface area contributed by atoms with E-state index in [0.717, 1.165) is 9.87 Å². The van der Waals surface area contributed by atoms with Crippen molar-refractivity contribution >= 4 is 39.2 Å². The van der Waals surface area contributed by atoms with Crippen molar-refractivity contribution in [1.29, 1.82) is 0 Å². The molecule has 1 aromatic heterocycles. The minimum Gasteiger partial charge on any atom is -0.468 e. The second-order valence-electron chi connectivity index (χ2n) is 7.03. The van der Waals surface area contributed by atoms with Crippen molar-refractivity contribution in [3.05, 3.63) is 64.8 Å². The van der Waals surface area contributed by atoms with Gasteiger partial charge < -0.3 is 4.74 Å². The molecule has 2 aromatic carbocycles. The van der Waals surface area contributed by atoms with E-state index >= 15 is 0 Å². The van der Waals surface area contributed by atoms with E-state index in [1.54, 1.807) is 10.9 Å². The molecule has 0 bridgehead atoms. The zero-order chi connectivity index (χ0) is 22.2. The smallest absolute Gasteiger partial charge is 0.324 e. The van der Waals surface area contributed by atoms with Gasteiger partial charge in [0.15, 0.2) is 0 Å². The number of hydrogen-bond donors (Lipinski definition) is 0. The van der Waals surface area contributed by atoms with Crippen molar-refractivity contribution in [3.63, 3.8) is 0 Å². The average molecular weight is 481 g/mol. The lowest BCUT2D eigenvalue weighted by molar-refractivity contribution is -0.144. The number of esters is 1. The van der Waals surface area contributed by atoms with Crippen LogP contribution in [0.25, 0.3) is 11.3 Å². The molecule has 4 rings (SSSR count). The Labute approximate surface area is 189 Å². The van der Waals surface area contributed by atoms with Crippen LogP contribution in [0.4, 0.5) is 0 Å². The predicted octanol–water partition coefficient (Wildman–Crippen LogP) is 3.43. The van der Waals surface area contributed by atoms with E-state index < -0.39 is 28.1 Å². The first-order valence-corrected chi connectivity index (χ1v) is 11.5. The summed E-state index contributed by atoms with van der Waals surface area (Å²) in [7, 11) is -2.82. The van der Waals surface area contributed by atoms with E-state index in [1.807, 2.05) is 30.3 Å². The van der Waals surface area contributed by atoms with Gasteiger partial charge in [0.25, 0.3) is 0 Å². The number of hydrogen-bond acceptors (Lipinski definition) is 6. The molecule has 3 aromatic rings. The number of methoxy groups -OCH3 is 1. The fourth-order valence-electron chi connectivity index (χ4n) is 3.56. The Kier molecular flexibility index (Phi) is 6.02. The minimum absolute atomic E-state index is 0.0277. The number of rotatable bonds is 5. The number of nitrogens with zero attached hydrogens (tertiary/aromatic N) is 4. The molecule has 31 heavy (non-hydrogen) atoms. The maximum absolute atomic E-state index is 13.3. The lowest BCUT2D eigenvalue weighted by Crippen LogP contribution is -2.41. The molecule has 2 atom stereocenters. The lowest BCUT2D eigenvalue weighted by atomic mass is 10.1. The Morgan fingerprint density at radius 2 is 1.87 bits per heavy atom. The monoisotopic (exact) mass is 480 g/mol. The summed E-state index contributed by atoms with van der Waals surface area (Å²) in [6.45, 7) is 0.0277. The van der Waals surface area contributed by atoms with Crippen molar-refractivity contribution < 1.29 is 17.9 Å². The molecule has 0 spiro atoms. The maximum atomic E-state index is 13.3. The predicted molar refractivity (Wildman–Crippen MR) is 115 cm³/mol. The van der Waals surface area contributed by atoms with E-state index in [0.29, 0.717) is 5.69 Å². The summed E-state index contributed by atoms with van der Waals surface area (Å²) in [6, 6.07) is 12.1. The van der Waals surface area contributed by atoms with Gasteiger partial charge in [-0.2, -0.15) is 4.31 Å². The van der Waals surface area contributed by atoms with Gasteiger partial charge in [0.2, 0.25) is 10.0 Å². The first-order valence-electron chi connectivity index (χ1n) is 9.33. The van der Waals surface area contributed by atoms with Gasteiger partial charge in [-0.3, -0.25) is 4.79 Å². The van der Waals surface area contributed by atoms with E-state index in [4.69, 9.17) is 27.9 Å². The molecule has 162 valence electrons. The van der Waals surface area contributed by atoms with Gasteiger partial charge in [0.05, 0.1) is 34.3 Å². The second kappa shape index (κ2) is 8.58. The molecular formula is C20H18Cl2N4O4S. The van der Waals surface area contributed by atoms with E-state index in [1.165, 1.54) is 25.3 Å². The molecule has 1 aliphatic heterocycles. The molecule has 1 aliphatic rings. The van der Waals surface area contributed by atoms with Crippen LogP contribution in [0.2, 0.25) is 10.0 Å². The van der Waals surface area contributed by atoms with Crippen LogP contribution >= 0.6 is 23.2 Å². The Balaban J connectivity index is 1.66. The van der Waals surface area contributed by atoms with Crippen molar-refractivity contribution in [3.8, 4) is 11.3 Å². The molecule has 0 radical (unpaired) electrons. The largest absolute Gasteiger partial charge is 0.468 e. The molecular weight excluding hydrogens is 463 g/mol. The SMILES string of the molecule is COC(=O)[C@H]1C[C@H](n2cc(-c3ccccc3)nn2)CN1S(=O)(=O)c1ccc(Cl)c(Cl)c1. The topological polar surface area (TPSA) is 94.4 Å². The van der Waals surface area contributed by atoms with E-state index in [9.17, 15) is 13.2 Å². The maximum Gasteiger partial charge on any atom is 0.324 e. The Morgan fingerprint density at radius 1 is 1.13 bits per heavy atom. The normalized spacial score (nSPS) is 19.5. The quantitative estimate of drug-likeness (QED) is 0.519. The summed E-state index contributed by atoms with van der Waals surface area (Å²) >= 11 is 11.9. The first kappa shape index (κ1) is 21.8. The highest BCUT2D eigenvalue weighted by Crippen LogP contribution is 2.35. The standard InChI is InChI=1S/C20H18Cl2N4O4S/c1-30-20(27)19-9-14(25-12-18(23-24-25)13-5-3-2-4-6-13)11-26(19)31(28,29)15-7-8-16(21)17(22)10-15/h2-8,10,12,14,19H,9,11H2,1H3/t14-,19+/m0/s1. The first-order chi connectivity index (χ1) is 14.8. The molecule has 11 heteroatoms. The number of aromatic nitrogens is 3. The van der Waals surface area contributed by atoms with Crippen molar-refractivity contribution in [1.82, 2.24) is 19.3 Å². The number of carbonyl (C=O) groups excluding carboxylic acids is 1. The number of ether oxygens (including phenoxy) is 1. The van der Waals surface area contributed by atoms with Gasteiger partial charge in [-0.15, -0.1) is 5.10 Å². The van der Waals surface area contributed by atoms with Gasteiger partial charge in [0.1, 0.15) is 11.7 Å². The number of halogens is 2. The number of sulfonamides is 1. The summed E-state index contributed by atoms with van der Waals surface area (Å²) < 4.78 is 34.2. The highest BCUT2D eigenvalue weighted by atomic mass is 35.5. The molecule has 0 aliphatic carbocycles. The Morgan fingerprint density at radius 3 is 2.55 bits per heavy atom. The van der Waals surface area contributed by atoms with Crippen LogP contribution in [0.1, 0.15) is 12.5 Å². The molecule has 1 fully saturated rings. The molecule has 2 heterocycles. The molecule has 1 saturated heterocycles. The van der Waals surface area contributed by atoms with Crippen LogP contribution in [0.15, 0.2) is 59.6 Å². The van der Waals surface area contributed by atoms with Gasteiger partial charge >= 0.3 is 5.97 Å². The van der Waals surface area contributed by atoms with Crippen LogP contribution in [-0.4, -0.2) is 53.4 Å². The van der Waals surface area contributed by atoms with Gasteiger partial charge in [-0.1, -0.05) is 58.7 Å². The van der Waals surface area contributed by atoms with Gasteiger partial charge in [-0.25, -0.2) is 13.1 Å². The van der Waals surface area contributed by atoms with Crippen LogP contribution in [0.3, 0.4) is 0 Å². The minimum atomic E-state index is -4.04. The number of carbonyl (C=O) groups is 1. The number of benzene rings is 2. The Bertz CT molecular complexity index is 1220. The lowest BCUT2D eigenvalue weighted by Gasteiger charge is -2.22. The van der Waals surface area contributed by atoms with Crippen molar-refractivity contribution in [2.75, 3.05) is 13.7 Å².